The second kappa shape index (κ2) is 6.47. The zero-order valence-corrected chi connectivity index (χ0v) is 10.4. The molecule has 7 heteroatoms. The first-order valence-electron chi connectivity index (χ1n) is 5.22. The van der Waals surface area contributed by atoms with Gasteiger partial charge in [0.2, 0.25) is 10.0 Å². The minimum Gasteiger partial charge on any atom is -0.394 e. The zero-order chi connectivity index (χ0) is 13.6. The molecular formula is C11H14N2O4S. The normalized spacial score (nSPS) is 12.9. The van der Waals surface area contributed by atoms with Gasteiger partial charge in [0, 0.05) is 6.54 Å². The van der Waals surface area contributed by atoms with Gasteiger partial charge in [-0.3, -0.25) is 0 Å². The lowest BCUT2D eigenvalue weighted by Gasteiger charge is -2.09. The van der Waals surface area contributed by atoms with Crippen LogP contribution < -0.4 is 4.72 Å². The molecule has 18 heavy (non-hydrogen) atoms. The van der Waals surface area contributed by atoms with Crippen molar-refractivity contribution in [1.82, 2.24) is 4.72 Å². The highest BCUT2D eigenvalue weighted by atomic mass is 32.2. The van der Waals surface area contributed by atoms with Crippen molar-refractivity contribution in [3.63, 3.8) is 0 Å². The molecule has 0 radical (unpaired) electrons. The lowest BCUT2D eigenvalue weighted by Crippen LogP contribution is -2.34. The SMILES string of the molecule is N#Cc1cccc(CS(=O)(=O)NCC(O)CO)c1. The summed E-state index contributed by atoms with van der Waals surface area (Å²) >= 11 is 0. The molecule has 0 bridgehead atoms. The molecule has 0 heterocycles. The van der Waals surface area contributed by atoms with Crippen molar-refractivity contribution in [3.8, 4) is 6.07 Å². The first kappa shape index (κ1) is 14.6. The molecule has 1 rings (SSSR count). The van der Waals surface area contributed by atoms with Gasteiger partial charge in [-0.1, -0.05) is 12.1 Å². The molecule has 0 aliphatic heterocycles. The maximum Gasteiger partial charge on any atom is 0.215 e. The highest BCUT2D eigenvalue weighted by Crippen LogP contribution is 2.07. The quantitative estimate of drug-likeness (QED) is 0.635. The zero-order valence-electron chi connectivity index (χ0n) is 9.57. The summed E-state index contributed by atoms with van der Waals surface area (Å²) in [5.41, 5.74) is 0.873. The third-order valence-electron chi connectivity index (χ3n) is 2.16. The Morgan fingerprint density at radius 3 is 2.78 bits per heavy atom. The number of rotatable bonds is 6. The number of sulfonamides is 1. The Kier molecular flexibility index (Phi) is 5.25. The van der Waals surface area contributed by atoms with Crippen molar-refractivity contribution >= 4 is 10.0 Å². The standard InChI is InChI=1S/C11H14N2O4S/c12-5-9-2-1-3-10(4-9)8-18(16,17)13-6-11(15)7-14/h1-4,11,13-15H,6-8H2. The van der Waals surface area contributed by atoms with Crippen LogP contribution in [0.4, 0.5) is 0 Å². The summed E-state index contributed by atoms with van der Waals surface area (Å²) in [6, 6.07) is 8.20. The van der Waals surface area contributed by atoms with E-state index < -0.39 is 22.7 Å². The van der Waals surface area contributed by atoms with Crippen LogP contribution in [-0.4, -0.2) is 37.9 Å². The van der Waals surface area contributed by atoms with Gasteiger partial charge in [0.25, 0.3) is 0 Å². The van der Waals surface area contributed by atoms with E-state index in [1.807, 2.05) is 6.07 Å². The first-order chi connectivity index (χ1) is 8.46. The van der Waals surface area contributed by atoms with E-state index >= 15 is 0 Å². The number of aliphatic hydroxyl groups excluding tert-OH is 2. The number of aliphatic hydroxyl groups is 2. The van der Waals surface area contributed by atoms with Crippen LogP contribution in [0.15, 0.2) is 24.3 Å². The first-order valence-corrected chi connectivity index (χ1v) is 6.87. The summed E-state index contributed by atoms with van der Waals surface area (Å²) in [6.07, 6.45) is -1.12. The molecule has 1 aromatic carbocycles. The molecule has 98 valence electrons. The van der Waals surface area contributed by atoms with Gasteiger partial charge >= 0.3 is 0 Å². The fourth-order valence-electron chi connectivity index (χ4n) is 1.29. The summed E-state index contributed by atoms with van der Waals surface area (Å²) in [5, 5.41) is 26.3. The monoisotopic (exact) mass is 270 g/mol. The second-order valence-electron chi connectivity index (χ2n) is 3.76. The molecule has 0 saturated carbocycles. The van der Waals surface area contributed by atoms with Crippen LogP contribution in [0, 0.1) is 11.3 Å². The Bertz CT molecular complexity index is 536. The number of hydrogen-bond donors (Lipinski definition) is 3. The largest absolute Gasteiger partial charge is 0.394 e. The van der Waals surface area contributed by atoms with Crippen molar-refractivity contribution < 1.29 is 18.6 Å². The van der Waals surface area contributed by atoms with Crippen molar-refractivity contribution in [2.24, 2.45) is 0 Å². The molecule has 1 unspecified atom stereocenters. The fourth-order valence-corrected chi connectivity index (χ4v) is 2.46. The van der Waals surface area contributed by atoms with Crippen molar-refractivity contribution in [3.05, 3.63) is 35.4 Å². The van der Waals surface area contributed by atoms with E-state index in [4.69, 9.17) is 15.5 Å². The van der Waals surface area contributed by atoms with Crippen molar-refractivity contribution in [1.29, 1.82) is 5.26 Å². The molecule has 0 aliphatic carbocycles. The molecule has 6 nitrogen and oxygen atoms in total. The van der Waals surface area contributed by atoms with Gasteiger partial charge in [-0.2, -0.15) is 5.26 Å². The Morgan fingerprint density at radius 1 is 1.44 bits per heavy atom. The molecular weight excluding hydrogens is 256 g/mol. The molecule has 1 atom stereocenters. The molecule has 0 amide bonds. The predicted octanol–water partition coefficient (Wildman–Crippen LogP) is -0.669. The van der Waals surface area contributed by atoms with Gasteiger partial charge in [-0.15, -0.1) is 0 Å². The number of nitrogens with zero attached hydrogens (tertiary/aromatic N) is 1. The topological polar surface area (TPSA) is 110 Å². The lowest BCUT2D eigenvalue weighted by molar-refractivity contribution is 0.0988. The molecule has 0 saturated heterocycles. The minimum atomic E-state index is -3.60. The maximum absolute atomic E-state index is 11.6. The summed E-state index contributed by atoms with van der Waals surface area (Å²) in [6.45, 7) is -0.747. The van der Waals surface area contributed by atoms with E-state index in [2.05, 4.69) is 4.72 Å². The summed E-state index contributed by atoms with van der Waals surface area (Å²) in [7, 11) is -3.60. The van der Waals surface area contributed by atoms with E-state index in [0.29, 0.717) is 11.1 Å². The van der Waals surface area contributed by atoms with Crippen LogP contribution in [0.1, 0.15) is 11.1 Å². The number of nitriles is 1. The van der Waals surface area contributed by atoms with Crippen LogP contribution >= 0.6 is 0 Å². The van der Waals surface area contributed by atoms with Crippen LogP contribution in [0.25, 0.3) is 0 Å². The Hall–Kier alpha value is -1.46. The van der Waals surface area contributed by atoms with E-state index in [9.17, 15) is 8.42 Å². The smallest absolute Gasteiger partial charge is 0.215 e. The maximum atomic E-state index is 11.6. The molecule has 3 N–H and O–H groups in total. The Morgan fingerprint density at radius 2 is 2.17 bits per heavy atom. The number of benzene rings is 1. The van der Waals surface area contributed by atoms with Crippen LogP contribution in [0.2, 0.25) is 0 Å². The third-order valence-corrected chi connectivity index (χ3v) is 3.48. The molecule has 0 aliphatic rings. The van der Waals surface area contributed by atoms with Crippen LogP contribution in [-0.2, 0) is 15.8 Å². The second-order valence-corrected chi connectivity index (χ2v) is 5.56. The van der Waals surface area contributed by atoms with Crippen molar-refractivity contribution in [2.75, 3.05) is 13.2 Å². The third kappa shape index (κ3) is 4.81. The molecule has 0 aromatic heterocycles. The Labute approximate surface area is 106 Å². The molecule has 1 aromatic rings. The lowest BCUT2D eigenvalue weighted by atomic mass is 10.2. The summed E-state index contributed by atoms with van der Waals surface area (Å²) < 4.78 is 25.4. The number of hydrogen-bond acceptors (Lipinski definition) is 5. The highest BCUT2D eigenvalue weighted by molar-refractivity contribution is 7.88. The van der Waals surface area contributed by atoms with E-state index in [1.54, 1.807) is 18.2 Å². The summed E-state index contributed by atoms with van der Waals surface area (Å²) in [5.74, 6) is -0.277. The van der Waals surface area contributed by atoms with Crippen LogP contribution in [0.5, 0.6) is 0 Å². The van der Waals surface area contributed by atoms with E-state index in [1.165, 1.54) is 6.07 Å². The Balaban J connectivity index is 2.68. The molecule has 0 fully saturated rings. The molecule has 0 spiro atoms. The predicted molar refractivity (Wildman–Crippen MR) is 64.9 cm³/mol. The fraction of sp³-hybridized carbons (Fsp3) is 0.364. The summed E-state index contributed by atoms with van der Waals surface area (Å²) in [4.78, 5) is 0. The average Bonchev–Trinajstić information content (AvgIpc) is 2.35. The van der Waals surface area contributed by atoms with Crippen LogP contribution in [0.3, 0.4) is 0 Å². The van der Waals surface area contributed by atoms with E-state index in [-0.39, 0.29) is 12.3 Å². The average molecular weight is 270 g/mol. The van der Waals surface area contributed by atoms with Gasteiger partial charge in [0.05, 0.1) is 30.1 Å². The minimum absolute atomic E-state index is 0.239. The van der Waals surface area contributed by atoms with Gasteiger partial charge in [-0.05, 0) is 17.7 Å². The highest BCUT2D eigenvalue weighted by Gasteiger charge is 2.13. The van der Waals surface area contributed by atoms with Gasteiger partial charge in [0.15, 0.2) is 0 Å². The van der Waals surface area contributed by atoms with Gasteiger partial charge in [-0.25, -0.2) is 13.1 Å². The van der Waals surface area contributed by atoms with E-state index in [0.717, 1.165) is 0 Å². The van der Waals surface area contributed by atoms with Gasteiger partial charge < -0.3 is 10.2 Å². The van der Waals surface area contributed by atoms with Crippen molar-refractivity contribution in [2.45, 2.75) is 11.9 Å². The van der Waals surface area contributed by atoms with Gasteiger partial charge in [0.1, 0.15) is 0 Å². The number of nitrogens with one attached hydrogen (secondary N) is 1.